The molecule has 0 spiro atoms. The lowest BCUT2D eigenvalue weighted by atomic mass is 9.81. The molecule has 0 radical (unpaired) electrons. The van der Waals surface area contributed by atoms with Crippen LogP contribution in [0.2, 0.25) is 0 Å². The molecule has 0 bridgehead atoms. The third kappa shape index (κ3) is 3.94. The predicted molar refractivity (Wildman–Crippen MR) is 198 cm³/mol. The molecule has 0 fully saturated rings. The third-order valence-electron chi connectivity index (χ3n) is 10.2. The van der Waals surface area contributed by atoms with Crippen molar-refractivity contribution in [2.75, 3.05) is 0 Å². The molecule has 0 saturated heterocycles. The summed E-state index contributed by atoms with van der Waals surface area (Å²) in [5.74, 6) is 0.701. The second-order valence-corrected chi connectivity index (χ2v) is 13.4. The van der Waals surface area contributed by atoms with Gasteiger partial charge in [-0.15, -0.1) is 0 Å². The van der Waals surface area contributed by atoms with E-state index in [0.717, 1.165) is 55.4 Å². The summed E-state index contributed by atoms with van der Waals surface area (Å²) in [6.45, 7) is 4.68. The van der Waals surface area contributed by atoms with Gasteiger partial charge in [-0.25, -0.2) is 9.97 Å². The molecule has 2 heterocycles. The maximum atomic E-state index is 6.47. The van der Waals surface area contributed by atoms with Gasteiger partial charge >= 0.3 is 0 Å². The molecule has 1 aliphatic carbocycles. The summed E-state index contributed by atoms with van der Waals surface area (Å²) in [6.07, 6.45) is 0. The number of rotatable bonds is 3. The molecule has 48 heavy (non-hydrogen) atoms. The van der Waals surface area contributed by atoms with Crippen molar-refractivity contribution >= 4 is 43.5 Å². The van der Waals surface area contributed by atoms with Gasteiger partial charge in [0.15, 0.2) is 5.82 Å². The first-order chi connectivity index (χ1) is 23.5. The molecule has 1 aliphatic rings. The van der Waals surface area contributed by atoms with Gasteiger partial charge in [0.05, 0.1) is 11.4 Å². The summed E-state index contributed by atoms with van der Waals surface area (Å²) in [6, 6.07) is 51.7. The van der Waals surface area contributed by atoms with Gasteiger partial charge in [0.1, 0.15) is 11.2 Å². The smallest absolute Gasteiger partial charge is 0.160 e. The minimum absolute atomic E-state index is 0.146. The Morgan fingerprint density at radius 1 is 0.479 bits per heavy atom. The van der Waals surface area contributed by atoms with Gasteiger partial charge in [-0.3, -0.25) is 0 Å². The van der Waals surface area contributed by atoms with Crippen LogP contribution in [0.1, 0.15) is 25.0 Å². The Hall–Kier alpha value is -6.06. The van der Waals surface area contributed by atoms with E-state index in [1.807, 2.05) is 18.2 Å². The van der Waals surface area contributed by atoms with Crippen LogP contribution in [0.3, 0.4) is 0 Å². The van der Waals surface area contributed by atoms with Gasteiger partial charge < -0.3 is 4.42 Å². The van der Waals surface area contributed by atoms with Crippen molar-refractivity contribution in [3.05, 3.63) is 157 Å². The largest absolute Gasteiger partial charge is 0.456 e. The van der Waals surface area contributed by atoms with Crippen LogP contribution < -0.4 is 0 Å². The number of hydrogen-bond acceptors (Lipinski definition) is 3. The highest BCUT2D eigenvalue weighted by Gasteiger charge is 2.37. The zero-order chi connectivity index (χ0) is 32.0. The summed E-state index contributed by atoms with van der Waals surface area (Å²) in [5.41, 5.74) is 11.7. The first-order valence-corrected chi connectivity index (χ1v) is 16.5. The van der Waals surface area contributed by atoms with E-state index in [9.17, 15) is 0 Å². The Kier molecular flexibility index (Phi) is 5.63. The van der Waals surface area contributed by atoms with Gasteiger partial charge in [-0.05, 0) is 80.2 Å². The van der Waals surface area contributed by atoms with Crippen LogP contribution in [0.5, 0.6) is 0 Å². The predicted octanol–water partition coefficient (Wildman–Crippen LogP) is 12.0. The van der Waals surface area contributed by atoms with Crippen molar-refractivity contribution in [1.29, 1.82) is 0 Å². The second-order valence-electron chi connectivity index (χ2n) is 13.4. The fraction of sp³-hybridized carbons (Fsp3) is 0.0667. The summed E-state index contributed by atoms with van der Waals surface area (Å²) < 4.78 is 6.47. The van der Waals surface area contributed by atoms with Gasteiger partial charge in [0.25, 0.3) is 0 Å². The van der Waals surface area contributed by atoms with Crippen molar-refractivity contribution < 1.29 is 4.42 Å². The zero-order valence-corrected chi connectivity index (χ0v) is 26.7. The Bertz CT molecular complexity index is 2750. The fourth-order valence-corrected chi connectivity index (χ4v) is 7.85. The van der Waals surface area contributed by atoms with Gasteiger partial charge in [-0.1, -0.05) is 123 Å². The lowest BCUT2D eigenvalue weighted by molar-refractivity contribution is 0.661. The normalized spacial score (nSPS) is 13.4. The van der Waals surface area contributed by atoms with Crippen LogP contribution in [0.25, 0.3) is 88.5 Å². The maximum Gasteiger partial charge on any atom is 0.160 e. The average molecular weight is 615 g/mol. The first-order valence-electron chi connectivity index (χ1n) is 16.5. The van der Waals surface area contributed by atoms with E-state index in [0.29, 0.717) is 5.82 Å². The van der Waals surface area contributed by atoms with E-state index in [4.69, 9.17) is 14.4 Å². The van der Waals surface area contributed by atoms with E-state index in [2.05, 4.69) is 141 Å². The molecule has 0 unspecified atom stereocenters. The zero-order valence-electron chi connectivity index (χ0n) is 26.7. The van der Waals surface area contributed by atoms with Crippen LogP contribution in [-0.2, 0) is 5.41 Å². The second kappa shape index (κ2) is 9.97. The first kappa shape index (κ1) is 27.1. The van der Waals surface area contributed by atoms with Gasteiger partial charge in [0.2, 0.25) is 0 Å². The number of nitrogens with zero attached hydrogens (tertiary/aromatic N) is 2. The standard InChI is InChI=1S/C45H30N2O/c1-45(2)36-20-10-18-32(42(36)34-22-28-14-6-8-16-30(28)24-37(34)45)38-26-39(47-44(46-38)27-12-4-3-5-13-27)33-19-11-21-40-43(33)35-23-29-15-7-9-17-31(29)25-41(35)48-40/h3-26H,1-2H3. The third-order valence-corrected chi connectivity index (χ3v) is 10.2. The Labute approximate surface area is 278 Å². The molecule has 0 atom stereocenters. The highest BCUT2D eigenvalue weighted by atomic mass is 16.3. The van der Waals surface area contributed by atoms with Crippen LogP contribution in [-0.4, -0.2) is 9.97 Å². The molecule has 7 aromatic carbocycles. The monoisotopic (exact) mass is 614 g/mol. The molecule has 2 aromatic heterocycles. The quantitative estimate of drug-likeness (QED) is 0.199. The molecule has 3 nitrogen and oxygen atoms in total. The van der Waals surface area contributed by atoms with E-state index in [1.165, 1.54) is 38.4 Å². The minimum atomic E-state index is -0.146. The molecule has 10 rings (SSSR count). The van der Waals surface area contributed by atoms with E-state index in [-0.39, 0.29) is 5.41 Å². The van der Waals surface area contributed by atoms with Gasteiger partial charge in [0, 0.05) is 32.9 Å². The maximum absolute atomic E-state index is 6.47. The number of furan rings is 1. The lowest BCUT2D eigenvalue weighted by Crippen LogP contribution is -2.14. The van der Waals surface area contributed by atoms with Crippen LogP contribution >= 0.6 is 0 Å². The SMILES string of the molecule is CC1(C)c2cc3ccccc3cc2-c2c(-c3cc(-c4cccc5oc6cc7ccccc7cc6c45)nc(-c4ccccc4)n3)cccc21. The van der Waals surface area contributed by atoms with E-state index >= 15 is 0 Å². The summed E-state index contributed by atoms with van der Waals surface area (Å²) >= 11 is 0. The summed E-state index contributed by atoms with van der Waals surface area (Å²) in [4.78, 5) is 10.5. The minimum Gasteiger partial charge on any atom is -0.456 e. The molecule has 3 heteroatoms. The van der Waals surface area contributed by atoms with Crippen molar-refractivity contribution in [1.82, 2.24) is 9.97 Å². The summed E-state index contributed by atoms with van der Waals surface area (Å²) in [7, 11) is 0. The van der Waals surface area contributed by atoms with E-state index < -0.39 is 0 Å². The summed E-state index contributed by atoms with van der Waals surface area (Å²) in [5, 5.41) is 7.01. The van der Waals surface area contributed by atoms with Crippen LogP contribution in [0.4, 0.5) is 0 Å². The van der Waals surface area contributed by atoms with Crippen molar-refractivity contribution in [2.45, 2.75) is 19.3 Å². The molecule has 0 N–H and O–H groups in total. The molecule has 0 amide bonds. The van der Waals surface area contributed by atoms with Crippen molar-refractivity contribution in [3.8, 4) is 45.0 Å². The van der Waals surface area contributed by atoms with E-state index in [1.54, 1.807) is 0 Å². The average Bonchev–Trinajstić information content (AvgIpc) is 3.60. The fourth-order valence-electron chi connectivity index (χ4n) is 7.85. The van der Waals surface area contributed by atoms with Crippen molar-refractivity contribution in [2.24, 2.45) is 0 Å². The molecule has 0 aliphatic heterocycles. The molecule has 0 saturated carbocycles. The highest BCUT2D eigenvalue weighted by molar-refractivity contribution is 6.15. The van der Waals surface area contributed by atoms with Crippen molar-refractivity contribution in [3.63, 3.8) is 0 Å². The number of hydrogen-bond donors (Lipinski definition) is 0. The lowest BCUT2D eigenvalue weighted by Gasteiger charge is -2.22. The molecule has 9 aromatic rings. The molecular weight excluding hydrogens is 585 g/mol. The van der Waals surface area contributed by atoms with Gasteiger partial charge in [-0.2, -0.15) is 0 Å². The molecule has 226 valence electrons. The Balaban J connectivity index is 1.26. The molecular formula is C45H30N2O. The number of benzene rings is 7. The Morgan fingerprint density at radius 2 is 1.10 bits per heavy atom. The Morgan fingerprint density at radius 3 is 1.88 bits per heavy atom. The number of fused-ring (bicyclic) bond motifs is 8. The topological polar surface area (TPSA) is 38.9 Å². The van der Waals surface area contributed by atoms with Crippen LogP contribution in [0.15, 0.2) is 150 Å². The highest BCUT2D eigenvalue weighted by Crippen LogP contribution is 2.53. The van der Waals surface area contributed by atoms with Crippen LogP contribution in [0, 0.1) is 0 Å². The number of aromatic nitrogens is 2.